The average molecular weight is 553 g/mol. The monoisotopic (exact) mass is 553 g/mol. The number of benzene rings is 2. The average Bonchev–Trinajstić information content (AvgIpc) is 3.23. The summed E-state index contributed by atoms with van der Waals surface area (Å²) in [7, 11) is 1.76. The second-order valence-electron chi connectivity index (χ2n) is 8.55. The molecule has 0 spiro atoms. The van der Waals surface area contributed by atoms with Crippen LogP contribution in [0.4, 0.5) is 27.6 Å². The molecule has 0 saturated carbocycles. The second-order valence-corrected chi connectivity index (χ2v) is 8.55. The maximum Gasteiger partial charge on any atom is 0.490 e. The van der Waals surface area contributed by atoms with Gasteiger partial charge in [-0.3, -0.25) is 9.36 Å². The van der Waals surface area contributed by atoms with Crippen LogP contribution in [0.5, 0.6) is 0 Å². The summed E-state index contributed by atoms with van der Waals surface area (Å²) in [6.07, 6.45) is -5.11. The summed E-state index contributed by atoms with van der Waals surface area (Å²) >= 11 is 0. The van der Waals surface area contributed by atoms with Crippen molar-refractivity contribution in [3.05, 3.63) is 93.7 Å². The van der Waals surface area contributed by atoms with Crippen molar-refractivity contribution >= 4 is 17.6 Å². The van der Waals surface area contributed by atoms with Gasteiger partial charge in [0.05, 0.1) is 19.0 Å². The quantitative estimate of drug-likeness (QED) is 0.452. The van der Waals surface area contributed by atoms with Crippen molar-refractivity contribution in [2.75, 3.05) is 18.5 Å². The number of amides is 1. The number of hydrogen-bond donors (Lipinski definition) is 2. The van der Waals surface area contributed by atoms with Gasteiger partial charge in [0, 0.05) is 24.9 Å². The van der Waals surface area contributed by atoms with Crippen molar-refractivity contribution < 1.29 is 36.6 Å². The number of carbonyl (C=O) groups excluding carboxylic acids is 1. The van der Waals surface area contributed by atoms with Gasteiger partial charge in [-0.05, 0) is 29.2 Å². The molecular formula is C25H24F5N5O4. The van der Waals surface area contributed by atoms with Gasteiger partial charge in [0.15, 0.2) is 0 Å². The van der Waals surface area contributed by atoms with Crippen LogP contribution in [0.25, 0.3) is 0 Å². The van der Waals surface area contributed by atoms with E-state index < -0.39 is 23.9 Å². The fraction of sp³-hybridized carbons (Fsp3) is 0.280. The van der Waals surface area contributed by atoms with Crippen molar-refractivity contribution in [3.63, 3.8) is 0 Å². The summed E-state index contributed by atoms with van der Waals surface area (Å²) in [5.74, 6) is -3.16. The van der Waals surface area contributed by atoms with E-state index in [9.17, 15) is 31.5 Å². The van der Waals surface area contributed by atoms with Crippen molar-refractivity contribution in [1.82, 2.24) is 14.3 Å². The Kier molecular flexibility index (Phi) is 9.01. The van der Waals surface area contributed by atoms with Gasteiger partial charge in [-0.2, -0.15) is 27.1 Å². The number of nitrogens with zero attached hydrogens (tertiary/aromatic N) is 4. The third kappa shape index (κ3) is 6.76. The Morgan fingerprint density at radius 1 is 1.10 bits per heavy atom. The molecular weight excluding hydrogens is 529 g/mol. The number of carboxylic acids is 1. The Balaban J connectivity index is 0.000000532. The molecule has 3 N–H and O–H groups in total. The minimum atomic E-state index is -5.08. The van der Waals surface area contributed by atoms with Crippen LogP contribution < -0.4 is 16.3 Å². The molecule has 3 aromatic rings. The summed E-state index contributed by atoms with van der Waals surface area (Å²) in [4.78, 5) is 36.4. The fourth-order valence-electron chi connectivity index (χ4n) is 4.09. The highest BCUT2D eigenvalue weighted by molar-refractivity contribution is 6.00. The molecule has 39 heavy (non-hydrogen) atoms. The molecule has 9 nitrogen and oxygen atoms in total. The van der Waals surface area contributed by atoms with E-state index in [1.807, 2.05) is 48.5 Å². The van der Waals surface area contributed by atoms with Gasteiger partial charge in [0.25, 0.3) is 6.08 Å². The molecule has 2 heterocycles. The number of aliphatic carboxylic acids is 1. The topological polar surface area (TPSA) is 123 Å². The first-order valence-corrected chi connectivity index (χ1v) is 11.4. The Hall–Kier alpha value is -4.33. The van der Waals surface area contributed by atoms with Crippen LogP contribution in [0, 0.1) is 0 Å². The Bertz CT molecular complexity index is 1440. The number of hydrogen-bond acceptors (Lipinski definition) is 5. The number of carboxylic acid groups (broad SMARTS) is 1. The van der Waals surface area contributed by atoms with Crippen LogP contribution in [0.15, 0.2) is 71.3 Å². The molecule has 1 atom stereocenters. The minimum Gasteiger partial charge on any atom is -0.475 e. The second kappa shape index (κ2) is 12.0. The van der Waals surface area contributed by atoms with Gasteiger partial charge in [-0.15, -0.1) is 0 Å². The molecule has 1 unspecified atom stereocenters. The van der Waals surface area contributed by atoms with E-state index >= 15 is 0 Å². The van der Waals surface area contributed by atoms with Gasteiger partial charge in [0.1, 0.15) is 6.33 Å². The number of anilines is 1. The summed E-state index contributed by atoms with van der Waals surface area (Å²) in [5, 5.41) is 11.1. The zero-order valence-corrected chi connectivity index (χ0v) is 20.5. The number of halogens is 5. The van der Waals surface area contributed by atoms with E-state index in [0.717, 1.165) is 27.1 Å². The lowest BCUT2D eigenvalue weighted by Gasteiger charge is -2.32. The standard InChI is InChI=1S/C23H23F2N5O2.C2HF3O2/c1-28-20-9-5-3-6-15(20)10-19(22(28)31)18-8-4-2-7-16(18)12-29-14-27-30(23(29)32)13-17(11-26)21(24)25;3-2(4,5)1(6)7/h2-9,14,19H,10-13,26H2,1H3;(H,6,7). The van der Waals surface area contributed by atoms with E-state index in [1.165, 1.54) is 10.9 Å². The molecule has 0 saturated heterocycles. The normalized spacial score (nSPS) is 14.8. The van der Waals surface area contributed by atoms with E-state index in [-0.39, 0.29) is 37.0 Å². The van der Waals surface area contributed by atoms with Gasteiger partial charge in [0.2, 0.25) is 5.91 Å². The van der Waals surface area contributed by atoms with E-state index in [1.54, 1.807) is 11.9 Å². The zero-order chi connectivity index (χ0) is 28.9. The Morgan fingerprint density at radius 3 is 2.33 bits per heavy atom. The lowest BCUT2D eigenvalue weighted by atomic mass is 9.84. The first kappa shape index (κ1) is 29.2. The molecule has 1 amide bonds. The highest BCUT2D eigenvalue weighted by Gasteiger charge is 2.38. The third-order valence-electron chi connectivity index (χ3n) is 6.07. The summed E-state index contributed by atoms with van der Waals surface area (Å²) in [5.41, 5.74) is 8.08. The molecule has 208 valence electrons. The number of likely N-dealkylation sites (N-methyl/N-ethyl adjacent to an activating group) is 1. The number of carbonyl (C=O) groups is 2. The molecule has 4 rings (SSSR count). The highest BCUT2D eigenvalue weighted by Crippen LogP contribution is 2.35. The number of nitrogens with two attached hydrogens (primary N) is 1. The molecule has 2 aromatic carbocycles. The summed E-state index contributed by atoms with van der Waals surface area (Å²) in [6, 6.07) is 15.2. The van der Waals surface area contributed by atoms with E-state index in [4.69, 9.17) is 15.6 Å². The first-order chi connectivity index (χ1) is 18.3. The smallest absolute Gasteiger partial charge is 0.475 e. The zero-order valence-electron chi connectivity index (χ0n) is 20.5. The van der Waals surface area contributed by atoms with E-state index in [0.29, 0.717) is 6.42 Å². The third-order valence-corrected chi connectivity index (χ3v) is 6.07. The van der Waals surface area contributed by atoms with Crippen LogP contribution >= 0.6 is 0 Å². The minimum absolute atomic E-state index is 0.0182. The number of aromatic nitrogens is 3. The predicted octanol–water partition coefficient (Wildman–Crippen LogP) is 3.14. The molecule has 1 aromatic heterocycles. The SMILES string of the molecule is CN1C(=O)C(c2ccccc2Cn2cnn(CC(CN)=C(F)F)c2=O)Cc2ccccc21.O=C(O)C(F)(F)F. The highest BCUT2D eigenvalue weighted by atomic mass is 19.4. The van der Waals surface area contributed by atoms with Crippen LogP contribution in [0.2, 0.25) is 0 Å². The number of fused-ring (bicyclic) bond motifs is 1. The summed E-state index contributed by atoms with van der Waals surface area (Å²) in [6.45, 7) is -0.553. The fourth-order valence-corrected chi connectivity index (χ4v) is 4.09. The number of rotatable bonds is 6. The van der Waals surface area contributed by atoms with E-state index in [2.05, 4.69) is 5.10 Å². The predicted molar refractivity (Wildman–Crippen MR) is 130 cm³/mol. The lowest BCUT2D eigenvalue weighted by molar-refractivity contribution is -0.192. The largest absolute Gasteiger partial charge is 0.490 e. The van der Waals surface area contributed by atoms with Crippen molar-refractivity contribution in [3.8, 4) is 0 Å². The van der Waals surface area contributed by atoms with Crippen LogP contribution in [0.3, 0.4) is 0 Å². The van der Waals surface area contributed by atoms with Crippen LogP contribution in [-0.2, 0) is 29.1 Å². The van der Waals surface area contributed by atoms with Gasteiger partial charge >= 0.3 is 17.8 Å². The number of alkyl halides is 3. The van der Waals surface area contributed by atoms with Crippen LogP contribution in [-0.4, -0.2) is 51.1 Å². The first-order valence-electron chi connectivity index (χ1n) is 11.4. The molecule has 0 aliphatic carbocycles. The van der Waals surface area contributed by atoms with Crippen LogP contribution in [0.1, 0.15) is 22.6 Å². The molecule has 1 aliphatic rings. The molecule has 0 radical (unpaired) electrons. The van der Waals surface area contributed by atoms with Crippen molar-refractivity contribution in [2.24, 2.45) is 5.73 Å². The number of para-hydroxylation sites is 1. The Morgan fingerprint density at radius 2 is 1.72 bits per heavy atom. The lowest BCUT2D eigenvalue weighted by Crippen LogP contribution is -2.37. The molecule has 14 heteroatoms. The van der Waals surface area contributed by atoms with Gasteiger partial charge in [-0.1, -0.05) is 42.5 Å². The van der Waals surface area contributed by atoms with Crippen molar-refractivity contribution in [2.45, 2.75) is 31.6 Å². The maximum absolute atomic E-state index is 13.1. The Labute approximate surface area is 218 Å². The van der Waals surface area contributed by atoms with Crippen molar-refractivity contribution in [1.29, 1.82) is 0 Å². The molecule has 0 bridgehead atoms. The van der Waals surface area contributed by atoms with Gasteiger partial charge in [-0.25, -0.2) is 14.3 Å². The summed E-state index contributed by atoms with van der Waals surface area (Å²) < 4.78 is 59.9. The molecule has 1 aliphatic heterocycles. The molecule has 0 fully saturated rings. The van der Waals surface area contributed by atoms with Gasteiger partial charge < -0.3 is 15.7 Å². The maximum atomic E-state index is 13.1.